The lowest BCUT2D eigenvalue weighted by Crippen LogP contribution is -2.13. The minimum Gasteiger partial charge on any atom is -0.483 e. The van der Waals surface area contributed by atoms with Gasteiger partial charge < -0.3 is 10.1 Å². The van der Waals surface area contributed by atoms with Gasteiger partial charge in [0.1, 0.15) is 5.75 Å². The van der Waals surface area contributed by atoms with E-state index in [1.54, 1.807) is 36.4 Å². The second kappa shape index (κ2) is 7.21. The van der Waals surface area contributed by atoms with E-state index in [9.17, 15) is 9.59 Å². The van der Waals surface area contributed by atoms with Crippen LogP contribution in [0.15, 0.2) is 48.5 Å². The summed E-state index contributed by atoms with van der Waals surface area (Å²) in [5, 5.41) is 2.67. The summed E-state index contributed by atoms with van der Waals surface area (Å²) < 4.78 is 6.59. The molecule has 1 amide bonds. The van der Waals surface area contributed by atoms with E-state index >= 15 is 0 Å². The van der Waals surface area contributed by atoms with Crippen molar-refractivity contribution in [2.24, 2.45) is 0 Å². The second-order valence-corrected chi connectivity index (χ2v) is 5.64. The van der Waals surface area contributed by atoms with E-state index in [4.69, 9.17) is 4.74 Å². The molecule has 0 fully saturated rings. The molecule has 1 N–H and O–H groups in total. The lowest BCUT2D eigenvalue weighted by Gasteiger charge is -2.11. The van der Waals surface area contributed by atoms with Gasteiger partial charge in [-0.15, -0.1) is 0 Å². The molecular weight excluding hydrogens is 381 g/mol. The van der Waals surface area contributed by atoms with Crippen LogP contribution in [0.1, 0.15) is 17.3 Å². The third kappa shape index (κ3) is 4.56. The number of anilines is 1. The Kier molecular flexibility index (Phi) is 5.32. The van der Waals surface area contributed by atoms with Gasteiger partial charge in [-0.05, 0) is 46.9 Å². The van der Waals surface area contributed by atoms with E-state index in [2.05, 4.69) is 27.9 Å². The molecule has 0 saturated heterocycles. The largest absolute Gasteiger partial charge is 0.483 e. The van der Waals surface area contributed by atoms with Gasteiger partial charge in [-0.1, -0.05) is 24.3 Å². The highest BCUT2D eigenvalue weighted by atomic mass is 127. The van der Waals surface area contributed by atoms with Gasteiger partial charge in [0.05, 0.1) is 5.69 Å². The molecule has 0 spiro atoms. The van der Waals surface area contributed by atoms with Crippen LogP contribution in [0, 0.1) is 3.57 Å². The number of hydrogen-bond donors (Lipinski definition) is 1. The number of halogens is 1. The van der Waals surface area contributed by atoms with Crippen molar-refractivity contribution in [3.63, 3.8) is 0 Å². The number of ether oxygens (including phenoxy) is 1. The number of amides is 1. The molecule has 0 aliphatic rings. The van der Waals surface area contributed by atoms with E-state index in [1.165, 1.54) is 6.92 Å². The van der Waals surface area contributed by atoms with Gasteiger partial charge in [-0.2, -0.15) is 0 Å². The zero-order valence-electron chi connectivity index (χ0n) is 11.4. The van der Waals surface area contributed by atoms with Crippen LogP contribution < -0.4 is 10.1 Å². The first-order valence-corrected chi connectivity index (χ1v) is 7.42. The van der Waals surface area contributed by atoms with E-state index in [-0.39, 0.29) is 18.3 Å². The Morgan fingerprint density at radius 1 is 1.10 bits per heavy atom. The highest BCUT2D eigenvalue weighted by Gasteiger charge is 2.09. The first-order valence-electron chi connectivity index (χ1n) is 6.34. The first kappa shape index (κ1) is 15.5. The summed E-state index contributed by atoms with van der Waals surface area (Å²) in [6, 6.07) is 14.3. The molecule has 0 radical (unpaired) electrons. The van der Waals surface area contributed by atoms with Gasteiger partial charge in [-0.25, -0.2) is 0 Å². The maximum absolute atomic E-state index is 12.0. The molecule has 2 aromatic carbocycles. The van der Waals surface area contributed by atoms with Crippen LogP contribution in [0.3, 0.4) is 0 Å². The molecule has 0 aliphatic heterocycles. The van der Waals surface area contributed by atoms with Crippen LogP contribution in [0.2, 0.25) is 0 Å². The number of ketones is 1. The molecule has 108 valence electrons. The van der Waals surface area contributed by atoms with Crippen molar-refractivity contribution in [1.29, 1.82) is 0 Å². The Balaban J connectivity index is 2.04. The summed E-state index contributed by atoms with van der Waals surface area (Å²) in [4.78, 5) is 23.2. The van der Waals surface area contributed by atoms with Gasteiger partial charge in [0.2, 0.25) is 5.91 Å². The fraction of sp³-hybridized carbons (Fsp3) is 0.125. The normalized spacial score (nSPS) is 10.0. The topological polar surface area (TPSA) is 55.4 Å². The molecule has 2 aromatic rings. The molecule has 0 atom stereocenters. The second-order valence-electron chi connectivity index (χ2n) is 4.40. The van der Waals surface area contributed by atoms with Gasteiger partial charge in [0.15, 0.2) is 12.4 Å². The standard InChI is InChI=1S/C16H14INO3/c1-11(19)18-14-4-2-3-5-16(14)21-10-15(20)12-6-8-13(17)9-7-12/h2-9H,10H2,1H3,(H,18,19). The number of carbonyl (C=O) groups is 2. The van der Waals surface area contributed by atoms with Crippen LogP contribution in [0.5, 0.6) is 5.75 Å². The Bertz CT molecular complexity index is 653. The smallest absolute Gasteiger partial charge is 0.221 e. The predicted molar refractivity (Wildman–Crippen MR) is 89.7 cm³/mol. The molecule has 0 unspecified atom stereocenters. The molecule has 5 heteroatoms. The lowest BCUT2D eigenvalue weighted by molar-refractivity contribution is -0.114. The van der Waals surface area contributed by atoms with Crippen molar-refractivity contribution in [3.05, 3.63) is 57.7 Å². The molecule has 21 heavy (non-hydrogen) atoms. The van der Waals surface area contributed by atoms with Crippen molar-refractivity contribution in [2.45, 2.75) is 6.92 Å². The van der Waals surface area contributed by atoms with Crippen LogP contribution in [-0.2, 0) is 4.79 Å². The maximum atomic E-state index is 12.0. The number of carbonyl (C=O) groups excluding carboxylic acids is 2. The van der Waals surface area contributed by atoms with Crippen LogP contribution >= 0.6 is 22.6 Å². The van der Waals surface area contributed by atoms with Crippen molar-refractivity contribution in [1.82, 2.24) is 0 Å². The number of rotatable bonds is 5. The minimum atomic E-state index is -0.185. The van der Waals surface area contributed by atoms with Crippen molar-refractivity contribution >= 4 is 40.0 Å². The molecule has 4 nitrogen and oxygen atoms in total. The van der Waals surface area contributed by atoms with Gasteiger partial charge in [0.25, 0.3) is 0 Å². The fourth-order valence-electron chi connectivity index (χ4n) is 1.75. The average Bonchev–Trinajstić information content (AvgIpc) is 2.46. The minimum absolute atomic E-state index is 0.0722. The van der Waals surface area contributed by atoms with E-state index < -0.39 is 0 Å². The summed E-state index contributed by atoms with van der Waals surface area (Å²) in [5.74, 6) is 0.186. The van der Waals surface area contributed by atoms with Gasteiger partial charge in [0, 0.05) is 16.1 Å². The van der Waals surface area contributed by atoms with Gasteiger partial charge in [-0.3, -0.25) is 9.59 Å². The monoisotopic (exact) mass is 395 g/mol. The molecule has 0 bridgehead atoms. The third-order valence-electron chi connectivity index (χ3n) is 2.72. The molecule has 0 aliphatic carbocycles. The molecule has 0 saturated carbocycles. The lowest BCUT2D eigenvalue weighted by atomic mass is 10.1. The SMILES string of the molecule is CC(=O)Nc1ccccc1OCC(=O)c1ccc(I)cc1. The quantitative estimate of drug-likeness (QED) is 0.623. The molecule has 0 heterocycles. The van der Waals surface area contributed by atoms with Crippen LogP contribution in [0.25, 0.3) is 0 Å². The summed E-state index contributed by atoms with van der Waals surface area (Å²) >= 11 is 2.18. The number of benzene rings is 2. The number of Topliss-reactive ketones (excluding diaryl/α,β-unsaturated/α-hetero) is 1. The van der Waals surface area contributed by atoms with Crippen LogP contribution in [0.4, 0.5) is 5.69 Å². The Morgan fingerprint density at radius 2 is 1.76 bits per heavy atom. The number of hydrogen-bond acceptors (Lipinski definition) is 3. The van der Waals surface area contributed by atoms with Crippen molar-refractivity contribution in [3.8, 4) is 5.75 Å². The van der Waals surface area contributed by atoms with E-state index in [0.717, 1.165) is 3.57 Å². The predicted octanol–water partition coefficient (Wildman–Crippen LogP) is 3.51. The Morgan fingerprint density at radius 3 is 2.43 bits per heavy atom. The Hall–Kier alpha value is -1.89. The van der Waals surface area contributed by atoms with E-state index in [1.807, 2.05) is 12.1 Å². The zero-order chi connectivity index (χ0) is 15.2. The van der Waals surface area contributed by atoms with E-state index in [0.29, 0.717) is 17.0 Å². The summed E-state index contributed by atoms with van der Waals surface area (Å²) in [7, 11) is 0. The highest BCUT2D eigenvalue weighted by Crippen LogP contribution is 2.23. The summed E-state index contributed by atoms with van der Waals surface area (Å²) in [6.07, 6.45) is 0. The molecular formula is C16H14INO3. The van der Waals surface area contributed by atoms with Crippen molar-refractivity contribution < 1.29 is 14.3 Å². The molecule has 2 rings (SSSR count). The Labute approximate surface area is 136 Å². The highest BCUT2D eigenvalue weighted by molar-refractivity contribution is 14.1. The average molecular weight is 395 g/mol. The number of para-hydroxylation sites is 2. The van der Waals surface area contributed by atoms with Crippen molar-refractivity contribution in [2.75, 3.05) is 11.9 Å². The first-order chi connectivity index (χ1) is 10.1. The fourth-order valence-corrected chi connectivity index (χ4v) is 2.11. The number of nitrogens with one attached hydrogen (secondary N) is 1. The maximum Gasteiger partial charge on any atom is 0.221 e. The summed E-state index contributed by atoms with van der Waals surface area (Å²) in [5.41, 5.74) is 1.16. The van der Waals surface area contributed by atoms with Gasteiger partial charge >= 0.3 is 0 Å². The zero-order valence-corrected chi connectivity index (χ0v) is 13.6. The van der Waals surface area contributed by atoms with Crippen LogP contribution in [-0.4, -0.2) is 18.3 Å². The summed E-state index contributed by atoms with van der Waals surface area (Å²) in [6.45, 7) is 1.35. The third-order valence-corrected chi connectivity index (χ3v) is 3.44. The molecule has 0 aromatic heterocycles.